The van der Waals surface area contributed by atoms with Gasteiger partial charge in [0.2, 0.25) is 0 Å². The fraction of sp³-hybridized carbons (Fsp3) is 0.0870. The molecule has 2 aromatic carbocycles. The summed E-state index contributed by atoms with van der Waals surface area (Å²) in [4.78, 5) is 20.4. The number of nitrogens with one attached hydrogen (secondary N) is 1. The lowest BCUT2D eigenvalue weighted by molar-refractivity contribution is 0.0697. The molecule has 0 unspecified atom stereocenters. The van der Waals surface area contributed by atoms with Gasteiger partial charge >= 0.3 is 5.97 Å². The molecule has 0 spiro atoms. The van der Waals surface area contributed by atoms with Gasteiger partial charge in [-0.25, -0.2) is 14.8 Å². The van der Waals surface area contributed by atoms with Crippen LogP contribution in [0.1, 0.15) is 28.4 Å². The van der Waals surface area contributed by atoms with E-state index in [1.54, 1.807) is 12.1 Å². The van der Waals surface area contributed by atoms with Crippen molar-refractivity contribution < 1.29 is 14.6 Å². The second-order valence-corrected chi connectivity index (χ2v) is 7.57. The van der Waals surface area contributed by atoms with Crippen molar-refractivity contribution in [1.82, 2.24) is 9.97 Å². The van der Waals surface area contributed by atoms with Gasteiger partial charge < -0.3 is 9.84 Å². The van der Waals surface area contributed by atoms with Gasteiger partial charge in [0, 0.05) is 5.56 Å². The highest BCUT2D eigenvalue weighted by Crippen LogP contribution is 2.43. The molecule has 0 aliphatic rings. The van der Waals surface area contributed by atoms with Gasteiger partial charge in [0.15, 0.2) is 5.82 Å². The minimum atomic E-state index is -1.01. The van der Waals surface area contributed by atoms with Crippen LogP contribution in [0.25, 0.3) is 20.7 Å². The summed E-state index contributed by atoms with van der Waals surface area (Å²) in [6.07, 6.45) is 2.88. The molecule has 158 valence electrons. The Morgan fingerprint density at radius 2 is 2.12 bits per heavy atom. The van der Waals surface area contributed by atoms with Crippen molar-refractivity contribution in [2.75, 3.05) is 12.0 Å². The van der Waals surface area contributed by atoms with Gasteiger partial charge in [-0.15, -0.1) is 11.3 Å². The van der Waals surface area contributed by atoms with Gasteiger partial charge in [-0.2, -0.15) is 10.4 Å². The van der Waals surface area contributed by atoms with Gasteiger partial charge in [0.05, 0.1) is 33.5 Å². The van der Waals surface area contributed by atoms with E-state index >= 15 is 0 Å². The minimum absolute atomic E-state index is 0.174. The predicted molar refractivity (Wildman–Crippen MR) is 123 cm³/mol. The highest BCUT2D eigenvalue weighted by Gasteiger charge is 2.20. The average Bonchev–Trinajstić information content (AvgIpc) is 3.19. The zero-order chi connectivity index (χ0) is 22.5. The number of rotatable bonds is 7. The number of fused-ring (bicyclic) bond motifs is 1. The molecule has 0 atom stereocenters. The molecular formula is C23H17N5O3S. The second-order valence-electron chi connectivity index (χ2n) is 6.55. The Morgan fingerprint density at radius 1 is 1.28 bits per heavy atom. The number of aromatic nitrogens is 2. The number of hydrazone groups is 1. The monoisotopic (exact) mass is 443 g/mol. The summed E-state index contributed by atoms with van der Waals surface area (Å²) in [5.74, 6) is 0.132. The van der Waals surface area contributed by atoms with Crippen molar-refractivity contribution in [1.29, 1.82) is 5.26 Å². The number of aromatic carboxylic acids is 1. The number of hydrogen-bond acceptors (Lipinski definition) is 8. The van der Waals surface area contributed by atoms with E-state index in [1.165, 1.54) is 36.0 Å². The molecule has 2 heterocycles. The Balaban J connectivity index is 1.71. The SMILES string of the molecule is CCOc1ccccc1-c1sc2c(N/N=C/c3cccc(C(=O)O)c3)ncnc2c1C#N. The first-order chi connectivity index (χ1) is 15.6. The fourth-order valence-corrected chi connectivity index (χ4v) is 4.31. The summed E-state index contributed by atoms with van der Waals surface area (Å²) in [6, 6.07) is 16.2. The maximum Gasteiger partial charge on any atom is 0.335 e. The number of carboxylic acids is 1. The highest BCUT2D eigenvalue weighted by atomic mass is 32.1. The molecular weight excluding hydrogens is 426 g/mol. The first kappa shape index (κ1) is 21.0. The molecule has 9 heteroatoms. The number of carboxylic acid groups (broad SMARTS) is 1. The first-order valence-corrected chi connectivity index (χ1v) is 10.5. The highest BCUT2D eigenvalue weighted by molar-refractivity contribution is 7.23. The van der Waals surface area contributed by atoms with Gasteiger partial charge in [0.25, 0.3) is 0 Å². The Bertz CT molecular complexity index is 1370. The molecule has 32 heavy (non-hydrogen) atoms. The summed E-state index contributed by atoms with van der Waals surface area (Å²) in [5, 5.41) is 23.1. The summed E-state index contributed by atoms with van der Waals surface area (Å²) in [6.45, 7) is 2.42. The van der Waals surface area contributed by atoms with Gasteiger partial charge in [-0.1, -0.05) is 24.3 Å². The summed E-state index contributed by atoms with van der Waals surface area (Å²) in [5.41, 5.74) is 5.46. The van der Waals surface area contributed by atoms with Crippen LogP contribution in [0.2, 0.25) is 0 Å². The lowest BCUT2D eigenvalue weighted by atomic mass is 10.1. The molecule has 4 aromatic rings. The van der Waals surface area contributed by atoms with Crippen molar-refractivity contribution >= 4 is 39.6 Å². The zero-order valence-corrected chi connectivity index (χ0v) is 17.8. The Hall–Kier alpha value is -4.29. The molecule has 0 fully saturated rings. The van der Waals surface area contributed by atoms with Crippen LogP contribution in [0.4, 0.5) is 5.82 Å². The van der Waals surface area contributed by atoms with Crippen molar-refractivity contribution in [2.24, 2.45) is 5.10 Å². The van der Waals surface area contributed by atoms with Gasteiger partial charge in [-0.05, 0) is 36.8 Å². The van der Waals surface area contributed by atoms with E-state index in [-0.39, 0.29) is 5.56 Å². The number of hydrogen-bond donors (Lipinski definition) is 2. The number of anilines is 1. The van der Waals surface area contributed by atoms with E-state index in [1.807, 2.05) is 31.2 Å². The number of para-hydroxylation sites is 1. The lowest BCUT2D eigenvalue weighted by Crippen LogP contribution is -1.98. The van der Waals surface area contributed by atoms with E-state index in [0.717, 1.165) is 10.4 Å². The second kappa shape index (κ2) is 9.24. The number of nitriles is 1. The maximum atomic E-state index is 11.1. The smallest absolute Gasteiger partial charge is 0.335 e. The van der Waals surface area contributed by atoms with Gasteiger partial charge in [-0.3, -0.25) is 5.43 Å². The number of ether oxygens (including phenoxy) is 1. The summed E-state index contributed by atoms with van der Waals surface area (Å²) in [7, 11) is 0. The Labute approximate surface area is 187 Å². The number of thiophene rings is 1. The van der Waals surface area contributed by atoms with E-state index < -0.39 is 5.97 Å². The van der Waals surface area contributed by atoms with Crippen LogP contribution in [-0.4, -0.2) is 33.9 Å². The van der Waals surface area contributed by atoms with Crippen LogP contribution in [0.15, 0.2) is 60.0 Å². The molecule has 0 bridgehead atoms. The lowest BCUT2D eigenvalue weighted by Gasteiger charge is -2.08. The van der Waals surface area contributed by atoms with E-state index in [0.29, 0.717) is 39.5 Å². The molecule has 2 aromatic heterocycles. The first-order valence-electron chi connectivity index (χ1n) is 9.64. The van der Waals surface area contributed by atoms with Crippen LogP contribution in [0.3, 0.4) is 0 Å². The van der Waals surface area contributed by atoms with Gasteiger partial charge in [0.1, 0.15) is 23.7 Å². The average molecular weight is 443 g/mol. The fourth-order valence-electron chi connectivity index (χ4n) is 3.14. The molecule has 0 radical (unpaired) electrons. The predicted octanol–water partition coefficient (Wildman–Crippen LogP) is 4.77. The molecule has 0 aliphatic carbocycles. The van der Waals surface area contributed by atoms with Crippen molar-refractivity contribution in [3.8, 4) is 22.3 Å². The Morgan fingerprint density at radius 3 is 2.91 bits per heavy atom. The third kappa shape index (κ3) is 4.12. The number of carbonyl (C=O) groups is 1. The number of benzene rings is 2. The van der Waals surface area contributed by atoms with Crippen LogP contribution in [0, 0.1) is 11.3 Å². The van der Waals surface area contributed by atoms with Crippen LogP contribution in [-0.2, 0) is 0 Å². The van der Waals surface area contributed by atoms with Crippen molar-refractivity contribution in [3.63, 3.8) is 0 Å². The molecule has 0 amide bonds. The third-order valence-electron chi connectivity index (χ3n) is 4.53. The molecule has 0 saturated carbocycles. The zero-order valence-electron chi connectivity index (χ0n) is 16.9. The molecule has 0 aliphatic heterocycles. The maximum absolute atomic E-state index is 11.1. The van der Waals surface area contributed by atoms with Crippen molar-refractivity contribution in [2.45, 2.75) is 6.92 Å². The normalized spacial score (nSPS) is 10.9. The van der Waals surface area contributed by atoms with E-state index in [9.17, 15) is 10.1 Å². The molecule has 8 nitrogen and oxygen atoms in total. The summed E-state index contributed by atoms with van der Waals surface area (Å²) >= 11 is 1.38. The molecule has 2 N–H and O–H groups in total. The standard InChI is InChI=1S/C23H17N5O3S/c1-2-31-18-9-4-3-8-16(18)20-17(11-24)19-21(32-20)22(26-13-25-19)28-27-12-14-6-5-7-15(10-14)23(29)30/h3-10,12-13H,2H2,1H3,(H,29,30)(H,25,26,28)/b27-12+. The quantitative estimate of drug-likeness (QED) is 0.312. The molecule has 0 saturated heterocycles. The minimum Gasteiger partial charge on any atom is -0.493 e. The van der Waals surface area contributed by atoms with Crippen LogP contribution in [0.5, 0.6) is 5.75 Å². The van der Waals surface area contributed by atoms with Crippen molar-refractivity contribution in [3.05, 3.63) is 71.5 Å². The Kier molecular flexibility index (Phi) is 6.05. The largest absolute Gasteiger partial charge is 0.493 e. The van der Waals surface area contributed by atoms with Crippen LogP contribution < -0.4 is 10.2 Å². The van der Waals surface area contributed by atoms with E-state index in [2.05, 4.69) is 26.6 Å². The third-order valence-corrected chi connectivity index (χ3v) is 5.75. The van der Waals surface area contributed by atoms with E-state index in [4.69, 9.17) is 9.84 Å². The van der Waals surface area contributed by atoms with Crippen LogP contribution >= 0.6 is 11.3 Å². The topological polar surface area (TPSA) is 120 Å². The number of nitrogens with zero attached hydrogens (tertiary/aromatic N) is 4. The molecule has 4 rings (SSSR count). The summed E-state index contributed by atoms with van der Waals surface area (Å²) < 4.78 is 6.42.